The summed E-state index contributed by atoms with van der Waals surface area (Å²) in [5, 5.41) is 5.97. The molecule has 0 saturated heterocycles. The van der Waals surface area contributed by atoms with E-state index in [2.05, 4.69) is 22.4 Å². The summed E-state index contributed by atoms with van der Waals surface area (Å²) >= 11 is 1.72. The lowest BCUT2D eigenvalue weighted by Gasteiger charge is -2.05. The van der Waals surface area contributed by atoms with Gasteiger partial charge < -0.3 is 9.84 Å². The SMILES string of the molecule is CCSc1ccc(-c2noc(CNCC(F)(F)F)n2)cc1. The third-order valence-corrected chi connectivity index (χ3v) is 3.39. The number of nitrogens with zero attached hydrogens (tertiary/aromatic N) is 2. The van der Waals surface area contributed by atoms with Crippen LogP contribution in [0.2, 0.25) is 0 Å². The lowest BCUT2D eigenvalue weighted by atomic mass is 10.2. The minimum absolute atomic E-state index is 0.115. The van der Waals surface area contributed by atoms with Gasteiger partial charge in [-0.25, -0.2) is 0 Å². The highest BCUT2D eigenvalue weighted by Gasteiger charge is 2.26. The van der Waals surface area contributed by atoms with Crippen LogP contribution in [0.3, 0.4) is 0 Å². The predicted molar refractivity (Wildman–Crippen MR) is 73.9 cm³/mol. The molecule has 0 radical (unpaired) electrons. The summed E-state index contributed by atoms with van der Waals surface area (Å²) < 4.78 is 40.9. The zero-order valence-corrected chi connectivity index (χ0v) is 12.1. The van der Waals surface area contributed by atoms with Gasteiger partial charge in [-0.1, -0.05) is 12.1 Å². The van der Waals surface area contributed by atoms with E-state index in [0.29, 0.717) is 5.82 Å². The van der Waals surface area contributed by atoms with Crippen molar-refractivity contribution < 1.29 is 17.7 Å². The molecule has 0 aliphatic heterocycles. The van der Waals surface area contributed by atoms with Gasteiger partial charge in [-0.2, -0.15) is 18.2 Å². The summed E-state index contributed by atoms with van der Waals surface area (Å²) in [5.41, 5.74) is 0.765. The minimum Gasteiger partial charge on any atom is -0.338 e. The molecule has 1 aromatic heterocycles. The van der Waals surface area contributed by atoms with Gasteiger partial charge in [0, 0.05) is 10.5 Å². The molecule has 1 aromatic carbocycles. The van der Waals surface area contributed by atoms with Crippen LogP contribution in [0, 0.1) is 0 Å². The molecule has 21 heavy (non-hydrogen) atoms. The largest absolute Gasteiger partial charge is 0.401 e. The van der Waals surface area contributed by atoms with Gasteiger partial charge in [0.1, 0.15) is 0 Å². The summed E-state index contributed by atoms with van der Waals surface area (Å²) in [4.78, 5) is 5.20. The van der Waals surface area contributed by atoms with E-state index in [4.69, 9.17) is 4.52 Å². The van der Waals surface area contributed by atoms with Gasteiger partial charge in [0.05, 0.1) is 13.1 Å². The Labute approximate surface area is 124 Å². The number of hydrogen-bond acceptors (Lipinski definition) is 5. The second-order valence-electron chi connectivity index (χ2n) is 4.19. The van der Waals surface area contributed by atoms with Gasteiger partial charge in [-0.3, -0.25) is 0 Å². The Morgan fingerprint density at radius 2 is 1.95 bits per heavy atom. The third-order valence-electron chi connectivity index (χ3n) is 2.49. The van der Waals surface area contributed by atoms with Crippen molar-refractivity contribution in [1.29, 1.82) is 0 Å². The molecule has 0 spiro atoms. The lowest BCUT2D eigenvalue weighted by molar-refractivity contribution is -0.125. The van der Waals surface area contributed by atoms with E-state index in [1.54, 1.807) is 11.8 Å². The highest BCUT2D eigenvalue weighted by Crippen LogP contribution is 2.22. The molecule has 1 heterocycles. The fourth-order valence-corrected chi connectivity index (χ4v) is 2.28. The molecular weight excluding hydrogens is 303 g/mol. The Kier molecular flexibility index (Phi) is 5.24. The number of thioether (sulfide) groups is 1. The third kappa shape index (κ3) is 5.05. The Morgan fingerprint density at radius 3 is 2.57 bits per heavy atom. The standard InChI is InChI=1S/C13H14F3N3OS/c1-2-21-10-5-3-9(4-6-10)12-18-11(20-19-12)7-17-8-13(14,15)16/h3-6,17H,2,7-8H2,1H3. The van der Waals surface area contributed by atoms with Crippen molar-refractivity contribution in [2.75, 3.05) is 12.3 Å². The predicted octanol–water partition coefficient (Wildman–Crippen LogP) is 3.50. The average Bonchev–Trinajstić information content (AvgIpc) is 2.87. The van der Waals surface area contributed by atoms with Gasteiger partial charge in [0.25, 0.3) is 0 Å². The number of halogens is 3. The zero-order chi connectivity index (χ0) is 15.3. The molecule has 0 fully saturated rings. The molecule has 0 aliphatic carbocycles. The van der Waals surface area contributed by atoms with Crippen LogP contribution < -0.4 is 5.32 Å². The van der Waals surface area contributed by atoms with Crippen LogP contribution in [0.4, 0.5) is 13.2 Å². The Morgan fingerprint density at radius 1 is 1.24 bits per heavy atom. The van der Waals surface area contributed by atoms with Crippen molar-refractivity contribution in [1.82, 2.24) is 15.5 Å². The molecule has 0 amide bonds. The fraction of sp³-hybridized carbons (Fsp3) is 0.385. The number of aromatic nitrogens is 2. The van der Waals surface area contributed by atoms with Crippen LogP contribution in [-0.2, 0) is 6.54 Å². The highest BCUT2D eigenvalue weighted by molar-refractivity contribution is 7.99. The molecule has 4 nitrogen and oxygen atoms in total. The van der Waals surface area contributed by atoms with Crippen LogP contribution in [0.15, 0.2) is 33.7 Å². The number of nitrogens with one attached hydrogen (secondary N) is 1. The second-order valence-corrected chi connectivity index (χ2v) is 5.53. The molecule has 8 heteroatoms. The molecule has 0 bridgehead atoms. The van der Waals surface area contributed by atoms with Crippen LogP contribution >= 0.6 is 11.8 Å². The number of hydrogen-bond donors (Lipinski definition) is 1. The van der Waals surface area contributed by atoms with E-state index in [0.717, 1.165) is 16.2 Å². The van der Waals surface area contributed by atoms with Crippen LogP contribution in [-0.4, -0.2) is 28.6 Å². The van der Waals surface area contributed by atoms with Gasteiger partial charge in [0.15, 0.2) is 0 Å². The van der Waals surface area contributed by atoms with E-state index in [1.165, 1.54) is 0 Å². The lowest BCUT2D eigenvalue weighted by Crippen LogP contribution is -2.28. The molecule has 0 aliphatic rings. The molecule has 1 N–H and O–H groups in total. The zero-order valence-electron chi connectivity index (χ0n) is 11.3. The number of benzene rings is 1. The maximum Gasteiger partial charge on any atom is 0.401 e. The number of rotatable bonds is 6. The van der Waals surface area contributed by atoms with Gasteiger partial charge in [-0.15, -0.1) is 11.8 Å². The van der Waals surface area contributed by atoms with E-state index in [9.17, 15) is 13.2 Å². The molecule has 0 atom stereocenters. The monoisotopic (exact) mass is 317 g/mol. The summed E-state index contributed by atoms with van der Waals surface area (Å²) in [6.45, 7) is 0.863. The average molecular weight is 317 g/mol. The topological polar surface area (TPSA) is 51.0 Å². The summed E-state index contributed by atoms with van der Waals surface area (Å²) in [6, 6.07) is 7.61. The van der Waals surface area contributed by atoms with Crippen molar-refractivity contribution in [3.63, 3.8) is 0 Å². The van der Waals surface area contributed by atoms with Crippen molar-refractivity contribution in [2.24, 2.45) is 0 Å². The summed E-state index contributed by atoms with van der Waals surface area (Å²) in [7, 11) is 0. The van der Waals surface area contributed by atoms with Crippen molar-refractivity contribution in [3.8, 4) is 11.4 Å². The van der Waals surface area contributed by atoms with Crippen LogP contribution in [0.25, 0.3) is 11.4 Å². The quantitative estimate of drug-likeness (QED) is 0.826. The normalized spacial score (nSPS) is 11.8. The first-order chi connectivity index (χ1) is 9.98. The van der Waals surface area contributed by atoms with Gasteiger partial charge >= 0.3 is 6.18 Å². The smallest absolute Gasteiger partial charge is 0.338 e. The van der Waals surface area contributed by atoms with E-state index in [1.807, 2.05) is 24.3 Å². The van der Waals surface area contributed by atoms with Crippen LogP contribution in [0.5, 0.6) is 0 Å². The molecule has 2 aromatic rings. The molecular formula is C13H14F3N3OS. The molecule has 0 saturated carbocycles. The van der Waals surface area contributed by atoms with E-state index < -0.39 is 12.7 Å². The molecule has 0 unspecified atom stereocenters. The van der Waals surface area contributed by atoms with Gasteiger partial charge in [-0.05, 0) is 30.0 Å². The molecule has 114 valence electrons. The van der Waals surface area contributed by atoms with E-state index >= 15 is 0 Å². The highest BCUT2D eigenvalue weighted by atomic mass is 32.2. The summed E-state index contributed by atoms with van der Waals surface area (Å²) in [6.07, 6.45) is -4.25. The number of alkyl halides is 3. The maximum atomic E-state index is 12.0. The van der Waals surface area contributed by atoms with Crippen LogP contribution in [0.1, 0.15) is 12.8 Å². The van der Waals surface area contributed by atoms with E-state index in [-0.39, 0.29) is 12.4 Å². The van der Waals surface area contributed by atoms with Gasteiger partial charge in [0.2, 0.25) is 11.7 Å². The molecule has 2 rings (SSSR count). The summed E-state index contributed by atoms with van der Waals surface area (Å²) in [5.74, 6) is 1.48. The van der Waals surface area contributed by atoms with Crippen molar-refractivity contribution in [3.05, 3.63) is 30.2 Å². The first kappa shape index (κ1) is 15.8. The first-order valence-electron chi connectivity index (χ1n) is 6.31. The maximum absolute atomic E-state index is 12.0. The fourth-order valence-electron chi connectivity index (χ4n) is 1.62. The Bertz CT molecular complexity index is 569. The Hall–Kier alpha value is -1.54. The Balaban J connectivity index is 1.96. The van der Waals surface area contributed by atoms with Crippen molar-refractivity contribution >= 4 is 11.8 Å². The first-order valence-corrected chi connectivity index (χ1v) is 7.30. The second kappa shape index (κ2) is 6.95. The minimum atomic E-state index is -4.25. The van der Waals surface area contributed by atoms with Crippen molar-refractivity contribution in [2.45, 2.75) is 24.5 Å².